The molecule has 2 amide bonds. The molecule has 10 nitrogen and oxygen atoms in total. The van der Waals surface area contributed by atoms with Gasteiger partial charge in [-0.1, -0.05) is 12.1 Å². The van der Waals surface area contributed by atoms with E-state index in [1.54, 1.807) is 32.4 Å². The first-order chi connectivity index (χ1) is 15.6. The summed E-state index contributed by atoms with van der Waals surface area (Å²) in [5.41, 5.74) is -0.0783. The summed E-state index contributed by atoms with van der Waals surface area (Å²) in [5.74, 6) is 0.934. The molecule has 0 saturated carbocycles. The molecule has 1 aromatic heterocycles. The second-order valence-electron chi connectivity index (χ2n) is 9.53. The Kier molecular flexibility index (Phi) is 6.18. The van der Waals surface area contributed by atoms with Crippen molar-refractivity contribution in [3.63, 3.8) is 0 Å². The molecule has 4 bridgehead atoms. The van der Waals surface area contributed by atoms with Crippen molar-refractivity contribution < 1.29 is 19.1 Å². The molecule has 10 heteroatoms. The predicted molar refractivity (Wildman–Crippen MR) is 121 cm³/mol. The second-order valence-corrected chi connectivity index (χ2v) is 9.53. The van der Waals surface area contributed by atoms with Crippen LogP contribution in [0.1, 0.15) is 40.0 Å². The first kappa shape index (κ1) is 22.9. The van der Waals surface area contributed by atoms with Crippen LogP contribution in [0.5, 0.6) is 5.75 Å². The third-order valence-corrected chi connectivity index (χ3v) is 5.70. The lowest BCUT2D eigenvalue weighted by Gasteiger charge is -2.27. The topological polar surface area (TPSA) is 108 Å². The molecule has 2 aromatic rings. The zero-order valence-electron chi connectivity index (χ0n) is 19.5. The van der Waals surface area contributed by atoms with Gasteiger partial charge in [0, 0.05) is 32.1 Å². The van der Waals surface area contributed by atoms with Gasteiger partial charge in [-0.3, -0.25) is 14.3 Å². The molecule has 0 unspecified atom stereocenters. The lowest BCUT2D eigenvalue weighted by atomic mass is 10.1. The van der Waals surface area contributed by atoms with Crippen molar-refractivity contribution in [2.75, 3.05) is 13.1 Å². The largest absolute Gasteiger partial charge is 0.488 e. The van der Waals surface area contributed by atoms with E-state index in [9.17, 15) is 14.4 Å². The maximum atomic E-state index is 12.9. The van der Waals surface area contributed by atoms with Crippen molar-refractivity contribution in [1.82, 2.24) is 24.6 Å². The van der Waals surface area contributed by atoms with Gasteiger partial charge in [-0.05, 0) is 45.7 Å². The second kappa shape index (κ2) is 8.92. The molecule has 2 atom stereocenters. The Bertz CT molecular complexity index is 1100. The van der Waals surface area contributed by atoms with Crippen LogP contribution in [-0.2, 0) is 23.1 Å². The Labute approximate surface area is 192 Å². The van der Waals surface area contributed by atoms with E-state index in [0.717, 1.165) is 5.56 Å². The van der Waals surface area contributed by atoms with Crippen molar-refractivity contribution in [3.05, 3.63) is 34.7 Å². The fraction of sp³-hybridized carbons (Fsp3) is 0.565. The molecule has 33 heavy (non-hydrogen) atoms. The number of carbonyl (C=O) groups is 2. The molecular weight excluding hydrogens is 426 g/mol. The van der Waals surface area contributed by atoms with Gasteiger partial charge in [-0.2, -0.15) is 0 Å². The highest BCUT2D eigenvalue weighted by Crippen LogP contribution is 2.28. The van der Waals surface area contributed by atoms with Crippen molar-refractivity contribution in [1.29, 1.82) is 0 Å². The van der Waals surface area contributed by atoms with Gasteiger partial charge < -0.3 is 14.8 Å². The number of nitrogens with zero attached hydrogens (tertiary/aromatic N) is 4. The fourth-order valence-corrected chi connectivity index (χ4v) is 4.20. The van der Waals surface area contributed by atoms with E-state index in [2.05, 4.69) is 10.4 Å². The van der Waals surface area contributed by atoms with Crippen LogP contribution in [0.4, 0.5) is 4.79 Å². The SMILES string of the molecule is Cn1nc2n(c1=O)CCCCNC(=O)[C@@H]1C[C@@H](CN1C(=O)OC(C)(C)C)Oc1cccc-2c1. The summed E-state index contributed by atoms with van der Waals surface area (Å²) < 4.78 is 14.7. The van der Waals surface area contributed by atoms with Crippen molar-refractivity contribution in [2.24, 2.45) is 7.05 Å². The Morgan fingerprint density at radius 1 is 1.24 bits per heavy atom. The fourth-order valence-electron chi connectivity index (χ4n) is 4.20. The number of nitrogens with one attached hydrogen (secondary N) is 1. The van der Waals surface area contributed by atoms with E-state index in [-0.39, 0.29) is 24.2 Å². The molecule has 3 heterocycles. The molecule has 2 aliphatic rings. The van der Waals surface area contributed by atoms with E-state index >= 15 is 0 Å². The van der Waals surface area contributed by atoms with Crippen LogP contribution >= 0.6 is 0 Å². The van der Waals surface area contributed by atoms with Gasteiger partial charge >= 0.3 is 11.8 Å². The summed E-state index contributed by atoms with van der Waals surface area (Å²) in [6.45, 7) is 6.56. The van der Waals surface area contributed by atoms with Crippen LogP contribution in [0, 0.1) is 0 Å². The third kappa shape index (κ3) is 5.04. The minimum atomic E-state index is -0.666. The summed E-state index contributed by atoms with van der Waals surface area (Å²) in [5, 5.41) is 7.34. The van der Waals surface area contributed by atoms with Gasteiger partial charge in [-0.25, -0.2) is 14.3 Å². The Balaban J connectivity index is 1.65. The summed E-state index contributed by atoms with van der Waals surface area (Å²) in [6, 6.07) is 6.72. The van der Waals surface area contributed by atoms with Crippen LogP contribution in [0.25, 0.3) is 11.4 Å². The molecule has 1 N–H and O–H groups in total. The van der Waals surface area contributed by atoms with Crippen molar-refractivity contribution in [2.45, 2.75) is 64.3 Å². The molecule has 4 rings (SSSR count). The lowest BCUT2D eigenvalue weighted by Crippen LogP contribution is -2.47. The van der Waals surface area contributed by atoms with E-state index in [4.69, 9.17) is 9.47 Å². The Morgan fingerprint density at radius 3 is 2.79 bits per heavy atom. The summed E-state index contributed by atoms with van der Waals surface area (Å²) in [4.78, 5) is 39.8. The third-order valence-electron chi connectivity index (χ3n) is 5.70. The zero-order chi connectivity index (χ0) is 23.8. The van der Waals surface area contributed by atoms with Gasteiger partial charge in [-0.15, -0.1) is 5.10 Å². The number of aryl methyl sites for hydroxylation is 1. The number of rotatable bonds is 0. The number of ether oxygens (including phenoxy) is 2. The lowest BCUT2D eigenvalue weighted by molar-refractivity contribution is -0.125. The smallest absolute Gasteiger partial charge is 0.411 e. The number of hydrogen-bond donors (Lipinski definition) is 1. The number of benzene rings is 1. The molecule has 1 aromatic carbocycles. The summed E-state index contributed by atoms with van der Waals surface area (Å²) in [6.07, 6.45) is 0.841. The zero-order valence-corrected chi connectivity index (χ0v) is 19.5. The van der Waals surface area contributed by atoms with Crippen LogP contribution in [0.15, 0.2) is 29.1 Å². The highest BCUT2D eigenvalue weighted by molar-refractivity contribution is 5.86. The summed E-state index contributed by atoms with van der Waals surface area (Å²) in [7, 11) is 1.63. The van der Waals surface area contributed by atoms with Crippen molar-refractivity contribution >= 4 is 12.0 Å². The van der Waals surface area contributed by atoms with Crippen LogP contribution in [0.2, 0.25) is 0 Å². The number of amides is 2. The van der Waals surface area contributed by atoms with E-state index in [1.807, 2.05) is 24.3 Å². The van der Waals surface area contributed by atoms with E-state index in [1.165, 1.54) is 9.58 Å². The molecule has 178 valence electrons. The minimum Gasteiger partial charge on any atom is -0.488 e. The highest BCUT2D eigenvalue weighted by Gasteiger charge is 2.42. The monoisotopic (exact) mass is 457 g/mol. The van der Waals surface area contributed by atoms with Crippen LogP contribution < -0.4 is 15.7 Å². The van der Waals surface area contributed by atoms with E-state index in [0.29, 0.717) is 43.9 Å². The molecule has 1 saturated heterocycles. The number of likely N-dealkylation sites (tertiary alicyclic amines) is 1. The summed E-state index contributed by atoms with van der Waals surface area (Å²) >= 11 is 0. The minimum absolute atomic E-state index is 0.184. The first-order valence-corrected chi connectivity index (χ1v) is 11.3. The molecule has 0 aliphatic carbocycles. The van der Waals surface area contributed by atoms with Gasteiger partial charge in [0.1, 0.15) is 23.5 Å². The molecule has 1 fully saturated rings. The van der Waals surface area contributed by atoms with Gasteiger partial charge in [0.15, 0.2) is 5.82 Å². The number of hydrogen-bond acceptors (Lipinski definition) is 6. The average molecular weight is 458 g/mol. The standard InChI is InChI=1S/C23H31N5O5/c1-23(2,3)33-22(31)28-14-17-13-18(28)20(29)24-10-5-6-11-27-19(25-26(4)21(27)30)15-8-7-9-16(12-15)32-17/h7-9,12,17-18H,5-6,10-11,13-14H2,1-4H3,(H,24,29)/t17-,18-/m0/s1. The molecule has 0 radical (unpaired) electrons. The van der Waals surface area contributed by atoms with Gasteiger partial charge in [0.2, 0.25) is 5.91 Å². The maximum Gasteiger partial charge on any atom is 0.411 e. The van der Waals surface area contributed by atoms with Gasteiger partial charge in [0.05, 0.1) is 6.54 Å². The molecular formula is C23H31N5O5. The number of carbonyl (C=O) groups excluding carboxylic acids is 2. The number of fused-ring (bicyclic) bond motifs is 6. The molecule has 2 aliphatic heterocycles. The normalized spacial score (nSPS) is 21.3. The van der Waals surface area contributed by atoms with Crippen molar-refractivity contribution in [3.8, 4) is 17.1 Å². The highest BCUT2D eigenvalue weighted by atomic mass is 16.6. The number of aromatic nitrogens is 3. The quantitative estimate of drug-likeness (QED) is 0.648. The Morgan fingerprint density at radius 2 is 2.03 bits per heavy atom. The van der Waals surface area contributed by atoms with E-state index < -0.39 is 17.7 Å². The average Bonchev–Trinajstić information content (AvgIpc) is 3.28. The van der Waals surface area contributed by atoms with Crippen LogP contribution in [-0.4, -0.2) is 62.1 Å². The maximum absolute atomic E-state index is 12.9. The van der Waals surface area contributed by atoms with Gasteiger partial charge in [0.25, 0.3) is 0 Å². The Hall–Kier alpha value is -3.30. The molecule has 0 spiro atoms. The first-order valence-electron chi connectivity index (χ1n) is 11.3. The predicted octanol–water partition coefficient (Wildman–Crippen LogP) is 1.92. The van der Waals surface area contributed by atoms with Crippen LogP contribution in [0.3, 0.4) is 0 Å².